The summed E-state index contributed by atoms with van der Waals surface area (Å²) in [5, 5.41) is 3.47. The predicted molar refractivity (Wildman–Crippen MR) is 95.0 cm³/mol. The summed E-state index contributed by atoms with van der Waals surface area (Å²) >= 11 is 0. The summed E-state index contributed by atoms with van der Waals surface area (Å²) in [7, 11) is 1.76. The maximum Gasteiger partial charge on any atom is 0.119 e. The Morgan fingerprint density at radius 3 is 2.83 bits per heavy atom. The van der Waals surface area contributed by atoms with Crippen LogP contribution in [0.15, 0.2) is 24.3 Å². The Bertz CT molecular complexity index is 487. The fourth-order valence-corrected chi connectivity index (χ4v) is 3.97. The van der Waals surface area contributed by atoms with Crippen molar-refractivity contribution in [1.82, 2.24) is 15.1 Å². The molecule has 4 nitrogen and oxygen atoms in total. The van der Waals surface area contributed by atoms with Gasteiger partial charge in [-0.3, -0.25) is 4.90 Å². The fourth-order valence-electron chi connectivity index (χ4n) is 3.97. The van der Waals surface area contributed by atoms with Gasteiger partial charge in [-0.15, -0.1) is 0 Å². The van der Waals surface area contributed by atoms with E-state index in [9.17, 15) is 0 Å². The van der Waals surface area contributed by atoms with Crippen LogP contribution in [0.2, 0.25) is 0 Å². The quantitative estimate of drug-likeness (QED) is 0.902. The van der Waals surface area contributed by atoms with E-state index in [0.29, 0.717) is 6.04 Å². The molecule has 2 atom stereocenters. The number of likely N-dealkylation sites (tertiary alicyclic amines) is 1. The lowest BCUT2D eigenvalue weighted by Gasteiger charge is -2.40. The van der Waals surface area contributed by atoms with E-state index in [4.69, 9.17) is 4.74 Å². The zero-order valence-electron chi connectivity index (χ0n) is 14.6. The van der Waals surface area contributed by atoms with Gasteiger partial charge in [0.2, 0.25) is 0 Å². The molecule has 0 aromatic heterocycles. The minimum atomic E-state index is 0.470. The maximum atomic E-state index is 5.45. The summed E-state index contributed by atoms with van der Waals surface area (Å²) in [4.78, 5) is 5.31. The molecule has 0 radical (unpaired) electrons. The predicted octanol–water partition coefficient (Wildman–Crippen LogP) is 2.37. The van der Waals surface area contributed by atoms with Crippen LogP contribution in [0.3, 0.4) is 0 Å². The second kappa shape index (κ2) is 8.13. The minimum Gasteiger partial charge on any atom is -0.497 e. The van der Waals surface area contributed by atoms with E-state index in [1.165, 1.54) is 31.5 Å². The average molecular weight is 317 g/mol. The summed E-state index contributed by atoms with van der Waals surface area (Å²) in [6.07, 6.45) is 2.72. The Balaban J connectivity index is 1.77. The molecule has 1 aromatic carbocycles. The number of ether oxygens (including phenoxy) is 1. The highest BCUT2D eigenvalue weighted by atomic mass is 16.5. The van der Waals surface area contributed by atoms with Gasteiger partial charge in [-0.2, -0.15) is 0 Å². The molecule has 4 heteroatoms. The molecule has 0 bridgehead atoms. The lowest BCUT2D eigenvalue weighted by Crippen LogP contribution is -2.49. The van der Waals surface area contributed by atoms with Crippen LogP contribution in [-0.2, 0) is 0 Å². The molecule has 0 saturated carbocycles. The van der Waals surface area contributed by atoms with E-state index >= 15 is 0 Å². The van der Waals surface area contributed by atoms with Crippen LogP contribution < -0.4 is 10.1 Å². The number of benzene rings is 1. The Morgan fingerprint density at radius 1 is 1.26 bits per heavy atom. The first kappa shape index (κ1) is 16.7. The fraction of sp³-hybridized carbons (Fsp3) is 0.684. The molecule has 2 saturated heterocycles. The van der Waals surface area contributed by atoms with Gasteiger partial charge in [0.15, 0.2) is 0 Å². The van der Waals surface area contributed by atoms with Gasteiger partial charge >= 0.3 is 0 Å². The van der Waals surface area contributed by atoms with Crippen molar-refractivity contribution in [2.45, 2.75) is 25.8 Å². The molecule has 3 rings (SSSR count). The molecule has 2 fully saturated rings. The van der Waals surface area contributed by atoms with Crippen molar-refractivity contribution in [3.05, 3.63) is 29.8 Å². The number of hydrogen-bond donors (Lipinski definition) is 1. The van der Waals surface area contributed by atoms with E-state index < -0.39 is 0 Å². The summed E-state index contributed by atoms with van der Waals surface area (Å²) in [5.74, 6) is 1.80. The minimum absolute atomic E-state index is 0.470. The van der Waals surface area contributed by atoms with Gasteiger partial charge in [-0.1, -0.05) is 19.1 Å². The largest absolute Gasteiger partial charge is 0.497 e. The molecular weight excluding hydrogens is 286 g/mol. The first-order chi connectivity index (χ1) is 11.3. The smallest absolute Gasteiger partial charge is 0.119 e. The molecule has 128 valence electrons. The Labute approximate surface area is 140 Å². The number of piperidine rings is 1. The van der Waals surface area contributed by atoms with Crippen LogP contribution in [0.4, 0.5) is 0 Å². The van der Waals surface area contributed by atoms with Crippen LogP contribution in [0.1, 0.15) is 31.4 Å². The van der Waals surface area contributed by atoms with E-state index in [1.807, 2.05) is 6.07 Å². The van der Waals surface area contributed by atoms with Gasteiger partial charge in [0.05, 0.1) is 7.11 Å². The van der Waals surface area contributed by atoms with Crippen molar-refractivity contribution in [1.29, 1.82) is 0 Å². The van der Waals surface area contributed by atoms with E-state index in [0.717, 1.165) is 44.4 Å². The summed E-state index contributed by atoms with van der Waals surface area (Å²) < 4.78 is 5.45. The summed E-state index contributed by atoms with van der Waals surface area (Å²) in [6, 6.07) is 9.13. The van der Waals surface area contributed by atoms with Crippen molar-refractivity contribution in [2.24, 2.45) is 5.92 Å². The van der Waals surface area contributed by atoms with Gasteiger partial charge in [0, 0.05) is 45.3 Å². The summed E-state index contributed by atoms with van der Waals surface area (Å²) in [5.41, 5.74) is 1.39. The second-order valence-corrected chi connectivity index (χ2v) is 7.09. The topological polar surface area (TPSA) is 27.7 Å². The molecule has 2 unspecified atom stereocenters. The Morgan fingerprint density at radius 2 is 2.09 bits per heavy atom. The first-order valence-corrected chi connectivity index (χ1v) is 9.07. The average Bonchev–Trinajstić information content (AvgIpc) is 2.60. The number of rotatable bonds is 5. The van der Waals surface area contributed by atoms with Gasteiger partial charge in [-0.25, -0.2) is 0 Å². The second-order valence-electron chi connectivity index (χ2n) is 7.09. The molecule has 2 aliphatic rings. The van der Waals surface area contributed by atoms with Crippen molar-refractivity contribution in [3.8, 4) is 5.75 Å². The van der Waals surface area contributed by atoms with Crippen LogP contribution >= 0.6 is 0 Å². The van der Waals surface area contributed by atoms with Gasteiger partial charge in [0.1, 0.15) is 5.75 Å². The monoisotopic (exact) mass is 317 g/mol. The molecule has 1 aromatic rings. The first-order valence-electron chi connectivity index (χ1n) is 9.07. The normalized spacial score (nSPS) is 25.2. The standard InChI is InChI=1S/C19H31N3O/c1-16-5-4-10-21(14-16)15-19(22-11-8-20-9-12-22)17-6-3-7-18(13-17)23-2/h3,6-7,13,16,19-20H,4-5,8-12,14-15H2,1-2H3. The number of piperazine rings is 1. The highest BCUT2D eigenvalue weighted by Gasteiger charge is 2.26. The lowest BCUT2D eigenvalue weighted by molar-refractivity contribution is 0.1000. The zero-order valence-corrected chi connectivity index (χ0v) is 14.6. The third-order valence-electron chi connectivity index (χ3n) is 5.24. The molecule has 2 heterocycles. The third-order valence-corrected chi connectivity index (χ3v) is 5.24. The van der Waals surface area contributed by atoms with E-state index in [1.54, 1.807) is 7.11 Å². The molecule has 1 N–H and O–H groups in total. The van der Waals surface area contributed by atoms with Crippen LogP contribution in [-0.4, -0.2) is 62.7 Å². The lowest BCUT2D eigenvalue weighted by atomic mass is 9.97. The molecule has 0 amide bonds. The van der Waals surface area contributed by atoms with E-state index in [2.05, 4.69) is 40.2 Å². The molecule has 23 heavy (non-hydrogen) atoms. The van der Waals surface area contributed by atoms with Crippen molar-refractivity contribution in [3.63, 3.8) is 0 Å². The maximum absolute atomic E-state index is 5.45. The molecular formula is C19H31N3O. The van der Waals surface area contributed by atoms with Crippen LogP contribution in [0.25, 0.3) is 0 Å². The molecule has 0 aliphatic carbocycles. The van der Waals surface area contributed by atoms with Crippen molar-refractivity contribution < 1.29 is 4.74 Å². The number of hydrogen-bond acceptors (Lipinski definition) is 4. The van der Waals surface area contributed by atoms with Gasteiger partial charge in [0.25, 0.3) is 0 Å². The van der Waals surface area contributed by atoms with Gasteiger partial charge < -0.3 is 15.0 Å². The third kappa shape index (κ3) is 4.46. The molecule has 0 spiro atoms. The van der Waals surface area contributed by atoms with Crippen molar-refractivity contribution >= 4 is 0 Å². The summed E-state index contributed by atoms with van der Waals surface area (Å²) in [6.45, 7) is 10.5. The zero-order chi connectivity index (χ0) is 16.1. The van der Waals surface area contributed by atoms with Crippen molar-refractivity contribution in [2.75, 3.05) is 52.9 Å². The number of nitrogens with zero attached hydrogens (tertiary/aromatic N) is 2. The van der Waals surface area contributed by atoms with Crippen LogP contribution in [0, 0.1) is 5.92 Å². The number of nitrogens with one attached hydrogen (secondary N) is 1. The Kier molecular flexibility index (Phi) is 5.92. The highest BCUT2D eigenvalue weighted by molar-refractivity contribution is 5.31. The highest BCUT2D eigenvalue weighted by Crippen LogP contribution is 2.27. The van der Waals surface area contributed by atoms with Crippen LogP contribution in [0.5, 0.6) is 5.75 Å². The molecule has 2 aliphatic heterocycles. The number of methoxy groups -OCH3 is 1. The SMILES string of the molecule is COc1cccc(C(CN2CCCC(C)C2)N2CCNCC2)c1. The van der Waals surface area contributed by atoms with E-state index in [-0.39, 0.29) is 0 Å². The Hall–Kier alpha value is -1.10. The van der Waals surface area contributed by atoms with Gasteiger partial charge in [-0.05, 0) is 43.0 Å².